The van der Waals surface area contributed by atoms with Crippen molar-refractivity contribution in [3.8, 4) is 6.07 Å². The molecule has 0 saturated carbocycles. The summed E-state index contributed by atoms with van der Waals surface area (Å²) in [5, 5.41) is 11.5. The zero-order valence-corrected chi connectivity index (χ0v) is 16.3. The highest BCUT2D eigenvalue weighted by molar-refractivity contribution is 6.04. The summed E-state index contributed by atoms with van der Waals surface area (Å²) in [4.78, 5) is 20.5. The summed E-state index contributed by atoms with van der Waals surface area (Å²) in [6, 6.07) is 8.11. The summed E-state index contributed by atoms with van der Waals surface area (Å²) in [7, 11) is 0. The Bertz CT molecular complexity index is 1150. The lowest BCUT2D eigenvalue weighted by atomic mass is 9.63. The van der Waals surface area contributed by atoms with Gasteiger partial charge in [-0.3, -0.25) is 9.79 Å². The molecule has 9 heteroatoms. The SMILES string of the molecule is Cc1cc(C#N)cnc1C(=O)Nc1ccc2c(c1)[C@@]1(C2)N=C(N)[C@@](C)(F)CC1(F)F. The maximum Gasteiger partial charge on any atom is 0.280 e. The van der Waals surface area contributed by atoms with Crippen LogP contribution >= 0.6 is 0 Å². The number of aliphatic imine (C=N–C) groups is 1. The van der Waals surface area contributed by atoms with Gasteiger partial charge in [0.05, 0.1) is 12.0 Å². The van der Waals surface area contributed by atoms with Gasteiger partial charge in [-0.05, 0) is 48.7 Å². The smallest absolute Gasteiger partial charge is 0.280 e. The van der Waals surface area contributed by atoms with Crippen molar-refractivity contribution in [1.29, 1.82) is 5.26 Å². The van der Waals surface area contributed by atoms with Crippen LogP contribution in [-0.4, -0.2) is 28.3 Å². The lowest BCUT2D eigenvalue weighted by Crippen LogP contribution is -2.61. The van der Waals surface area contributed by atoms with Crippen LogP contribution in [0.5, 0.6) is 0 Å². The summed E-state index contributed by atoms with van der Waals surface area (Å²) in [5.41, 5.74) is 3.42. The molecule has 0 saturated heterocycles. The fourth-order valence-electron chi connectivity index (χ4n) is 4.01. The number of nitrogens with two attached hydrogens (primary N) is 1. The van der Waals surface area contributed by atoms with E-state index in [1.165, 1.54) is 18.3 Å². The molecule has 2 atom stereocenters. The molecule has 2 aliphatic rings. The molecule has 30 heavy (non-hydrogen) atoms. The van der Waals surface area contributed by atoms with Crippen LogP contribution in [0.15, 0.2) is 35.5 Å². The average molecular weight is 413 g/mol. The van der Waals surface area contributed by atoms with E-state index in [-0.39, 0.29) is 23.4 Å². The van der Waals surface area contributed by atoms with Crippen LogP contribution < -0.4 is 11.1 Å². The molecule has 0 radical (unpaired) electrons. The lowest BCUT2D eigenvalue weighted by Gasteiger charge is -2.50. The van der Waals surface area contributed by atoms with Gasteiger partial charge < -0.3 is 11.1 Å². The fraction of sp³-hybridized carbons (Fsp3) is 0.333. The van der Waals surface area contributed by atoms with Crippen molar-refractivity contribution in [2.24, 2.45) is 10.7 Å². The molecule has 1 aliphatic carbocycles. The van der Waals surface area contributed by atoms with Crippen molar-refractivity contribution in [2.45, 2.75) is 43.8 Å². The number of rotatable bonds is 2. The third-order valence-corrected chi connectivity index (χ3v) is 5.69. The number of nitrogens with zero attached hydrogens (tertiary/aromatic N) is 3. The van der Waals surface area contributed by atoms with Crippen LogP contribution in [0.2, 0.25) is 0 Å². The number of benzene rings is 1. The Balaban J connectivity index is 1.66. The number of carbonyl (C=O) groups is 1. The van der Waals surface area contributed by atoms with E-state index in [0.717, 1.165) is 6.92 Å². The number of anilines is 1. The molecule has 1 aromatic carbocycles. The number of nitrogens with one attached hydrogen (secondary N) is 1. The highest BCUT2D eigenvalue weighted by Gasteiger charge is 2.66. The fourth-order valence-corrected chi connectivity index (χ4v) is 4.01. The van der Waals surface area contributed by atoms with Crippen LogP contribution in [0, 0.1) is 18.3 Å². The summed E-state index contributed by atoms with van der Waals surface area (Å²) in [6.07, 6.45) is 0.166. The highest BCUT2D eigenvalue weighted by atomic mass is 19.3. The second-order valence-corrected chi connectivity index (χ2v) is 7.94. The van der Waals surface area contributed by atoms with Crippen molar-refractivity contribution in [3.05, 3.63) is 58.4 Å². The number of carbonyl (C=O) groups excluding carboxylic acids is 1. The molecule has 6 nitrogen and oxygen atoms in total. The Kier molecular flexibility index (Phi) is 4.17. The minimum absolute atomic E-state index is 0.0589. The monoisotopic (exact) mass is 413 g/mol. The van der Waals surface area contributed by atoms with Gasteiger partial charge in [0.25, 0.3) is 11.8 Å². The van der Waals surface area contributed by atoms with Crippen LogP contribution in [-0.2, 0) is 12.0 Å². The summed E-state index contributed by atoms with van der Waals surface area (Å²) in [5.74, 6) is -4.42. The van der Waals surface area contributed by atoms with E-state index in [1.807, 2.05) is 6.07 Å². The Labute approximate surface area is 170 Å². The second kappa shape index (κ2) is 6.29. The topological polar surface area (TPSA) is 104 Å². The lowest BCUT2D eigenvalue weighted by molar-refractivity contribution is -0.120. The Morgan fingerprint density at radius 1 is 1.30 bits per heavy atom. The van der Waals surface area contributed by atoms with Crippen molar-refractivity contribution >= 4 is 17.4 Å². The summed E-state index contributed by atoms with van der Waals surface area (Å²) in [6.45, 7) is 2.64. The molecule has 154 valence electrons. The van der Waals surface area contributed by atoms with E-state index in [0.29, 0.717) is 16.7 Å². The quantitative estimate of drug-likeness (QED) is 0.787. The maximum atomic E-state index is 14.9. The van der Waals surface area contributed by atoms with Crippen LogP contribution in [0.3, 0.4) is 0 Å². The zero-order chi connectivity index (χ0) is 21.9. The van der Waals surface area contributed by atoms with E-state index in [4.69, 9.17) is 11.0 Å². The number of hydrogen-bond donors (Lipinski definition) is 2. The van der Waals surface area contributed by atoms with E-state index in [9.17, 15) is 18.0 Å². The standard InChI is InChI=1S/C21H18F3N5O/c1-11-5-12(8-25)9-27-16(11)17(30)28-14-4-3-13-7-20(15(13)6-14)21(23,24)10-19(2,22)18(26)29-20/h3-6,9H,7,10H2,1-2H3,(H2,26,29)(H,28,30)/t19-,20+/m0/s1. The van der Waals surface area contributed by atoms with Gasteiger partial charge in [0.1, 0.15) is 17.6 Å². The molecule has 1 aromatic heterocycles. The first-order chi connectivity index (χ1) is 14.0. The molecule has 2 heterocycles. The maximum absolute atomic E-state index is 14.9. The van der Waals surface area contributed by atoms with Crippen LogP contribution in [0.25, 0.3) is 0 Å². The van der Waals surface area contributed by atoms with Crippen molar-refractivity contribution in [2.75, 3.05) is 5.32 Å². The summed E-state index contributed by atoms with van der Waals surface area (Å²) >= 11 is 0. The first-order valence-corrected chi connectivity index (χ1v) is 9.23. The number of amidine groups is 1. The molecular weight excluding hydrogens is 395 g/mol. The second-order valence-electron chi connectivity index (χ2n) is 7.94. The predicted octanol–water partition coefficient (Wildman–Crippen LogP) is 3.39. The molecule has 1 spiro atoms. The van der Waals surface area contributed by atoms with Gasteiger partial charge in [-0.25, -0.2) is 18.2 Å². The normalized spacial score (nSPS) is 26.2. The Morgan fingerprint density at radius 2 is 2.03 bits per heavy atom. The Morgan fingerprint density at radius 3 is 2.70 bits per heavy atom. The van der Waals surface area contributed by atoms with Crippen LogP contribution in [0.1, 0.15) is 46.1 Å². The molecule has 1 amide bonds. The van der Waals surface area contributed by atoms with E-state index < -0.39 is 35.3 Å². The van der Waals surface area contributed by atoms with Gasteiger partial charge in [0.15, 0.2) is 11.2 Å². The number of fused-ring (bicyclic) bond motifs is 2. The first kappa shape index (κ1) is 19.9. The van der Waals surface area contributed by atoms with Gasteiger partial charge in [-0.15, -0.1) is 0 Å². The molecular formula is C21H18F3N5O. The van der Waals surface area contributed by atoms with Crippen molar-refractivity contribution in [3.63, 3.8) is 0 Å². The molecule has 0 bridgehead atoms. The minimum Gasteiger partial charge on any atom is -0.385 e. The number of hydrogen-bond acceptors (Lipinski definition) is 5. The highest BCUT2D eigenvalue weighted by Crippen LogP contribution is 2.57. The molecule has 0 fully saturated rings. The van der Waals surface area contributed by atoms with Crippen molar-refractivity contribution < 1.29 is 18.0 Å². The zero-order valence-electron chi connectivity index (χ0n) is 16.3. The van der Waals surface area contributed by atoms with Gasteiger partial charge >= 0.3 is 0 Å². The number of halogens is 3. The number of alkyl halides is 3. The number of amides is 1. The van der Waals surface area contributed by atoms with Gasteiger partial charge in [-0.1, -0.05) is 6.07 Å². The van der Waals surface area contributed by atoms with E-state index >= 15 is 0 Å². The van der Waals surface area contributed by atoms with Gasteiger partial charge in [0, 0.05) is 18.3 Å². The predicted molar refractivity (Wildman–Crippen MR) is 104 cm³/mol. The number of pyridine rings is 1. The summed E-state index contributed by atoms with van der Waals surface area (Å²) < 4.78 is 44.2. The number of aryl methyl sites for hydroxylation is 1. The third-order valence-electron chi connectivity index (χ3n) is 5.69. The van der Waals surface area contributed by atoms with Crippen molar-refractivity contribution in [1.82, 2.24) is 4.98 Å². The van der Waals surface area contributed by atoms with Gasteiger partial charge in [0.2, 0.25) is 0 Å². The average Bonchev–Trinajstić information content (AvgIpc) is 2.64. The third kappa shape index (κ3) is 2.83. The molecule has 2 aromatic rings. The number of aromatic nitrogens is 1. The van der Waals surface area contributed by atoms with E-state index in [1.54, 1.807) is 19.1 Å². The minimum atomic E-state index is -3.43. The molecule has 3 N–H and O–H groups in total. The number of nitriles is 1. The molecule has 4 rings (SSSR count). The first-order valence-electron chi connectivity index (χ1n) is 9.23. The van der Waals surface area contributed by atoms with Gasteiger partial charge in [-0.2, -0.15) is 5.26 Å². The largest absolute Gasteiger partial charge is 0.385 e. The van der Waals surface area contributed by atoms with Crippen LogP contribution in [0.4, 0.5) is 18.9 Å². The molecule has 1 aliphatic heterocycles. The molecule has 0 unspecified atom stereocenters. The Hall–Kier alpha value is -3.41. The van der Waals surface area contributed by atoms with E-state index in [2.05, 4.69) is 15.3 Å².